The predicted octanol–water partition coefficient (Wildman–Crippen LogP) is 2.11. The van der Waals surface area contributed by atoms with E-state index in [-0.39, 0.29) is 12.1 Å². The van der Waals surface area contributed by atoms with Crippen molar-refractivity contribution in [3.63, 3.8) is 0 Å². The van der Waals surface area contributed by atoms with Crippen LogP contribution in [0.1, 0.15) is 21.7 Å². The first-order valence-corrected chi connectivity index (χ1v) is 6.87. The second-order valence-electron chi connectivity index (χ2n) is 4.22. The lowest BCUT2D eigenvalue weighted by molar-refractivity contribution is 0.100. The van der Waals surface area contributed by atoms with Gasteiger partial charge in [0.25, 0.3) is 5.56 Å². The zero-order chi connectivity index (χ0) is 14.9. The molecule has 2 N–H and O–H groups in total. The maximum absolute atomic E-state index is 12.0. The molecule has 7 heteroatoms. The zero-order valence-electron chi connectivity index (χ0n) is 10.6. The van der Waals surface area contributed by atoms with E-state index in [0.29, 0.717) is 26.4 Å². The molecular formula is C13H11BrClN3O2. The number of nitrogens with zero attached hydrogens (tertiary/aromatic N) is 2. The molecule has 1 heterocycles. The lowest BCUT2D eigenvalue weighted by Gasteiger charge is -2.11. The molecule has 0 radical (unpaired) electrons. The number of rotatable bonds is 3. The number of hydrogen-bond acceptors (Lipinski definition) is 3. The Hall–Kier alpha value is -1.66. The number of benzene rings is 1. The highest BCUT2D eigenvalue weighted by atomic mass is 79.9. The van der Waals surface area contributed by atoms with Gasteiger partial charge >= 0.3 is 0 Å². The van der Waals surface area contributed by atoms with Crippen LogP contribution < -0.4 is 11.3 Å². The van der Waals surface area contributed by atoms with Gasteiger partial charge in [-0.1, -0.05) is 17.7 Å². The highest BCUT2D eigenvalue weighted by molar-refractivity contribution is 9.10. The Morgan fingerprint density at radius 3 is 2.80 bits per heavy atom. The molecule has 0 aliphatic carbocycles. The van der Waals surface area contributed by atoms with Crippen LogP contribution in [0.2, 0.25) is 5.02 Å². The third kappa shape index (κ3) is 2.91. The molecule has 0 aliphatic rings. The van der Waals surface area contributed by atoms with Crippen molar-refractivity contribution in [2.24, 2.45) is 5.73 Å². The summed E-state index contributed by atoms with van der Waals surface area (Å²) in [5.41, 5.74) is 6.04. The normalized spacial score (nSPS) is 10.6. The number of carbonyl (C=O) groups is 1. The van der Waals surface area contributed by atoms with E-state index in [2.05, 4.69) is 20.9 Å². The summed E-state index contributed by atoms with van der Waals surface area (Å²) in [6, 6.07) is 4.75. The maximum atomic E-state index is 12.0. The van der Waals surface area contributed by atoms with Crippen LogP contribution in [-0.4, -0.2) is 15.5 Å². The summed E-state index contributed by atoms with van der Waals surface area (Å²) < 4.78 is 1.88. The van der Waals surface area contributed by atoms with Crippen LogP contribution in [0.5, 0.6) is 0 Å². The van der Waals surface area contributed by atoms with Gasteiger partial charge in [-0.25, -0.2) is 4.98 Å². The Kier molecular flexibility index (Phi) is 4.25. The smallest absolute Gasteiger partial charge is 0.268 e. The molecule has 5 nitrogen and oxygen atoms in total. The van der Waals surface area contributed by atoms with Gasteiger partial charge < -0.3 is 5.73 Å². The first kappa shape index (κ1) is 14.7. The van der Waals surface area contributed by atoms with E-state index in [9.17, 15) is 9.59 Å². The van der Waals surface area contributed by atoms with Crippen molar-refractivity contribution in [3.8, 4) is 0 Å². The topological polar surface area (TPSA) is 78.0 Å². The van der Waals surface area contributed by atoms with E-state index >= 15 is 0 Å². The Morgan fingerprint density at radius 2 is 2.20 bits per heavy atom. The summed E-state index contributed by atoms with van der Waals surface area (Å²) in [5.74, 6) is 0.0316. The first-order chi connectivity index (χ1) is 9.40. The summed E-state index contributed by atoms with van der Waals surface area (Å²) >= 11 is 9.27. The van der Waals surface area contributed by atoms with Crippen molar-refractivity contribution in [2.75, 3.05) is 0 Å². The molecule has 2 rings (SSSR count). The fourth-order valence-electron chi connectivity index (χ4n) is 1.74. The van der Waals surface area contributed by atoms with E-state index in [0.717, 1.165) is 0 Å². The van der Waals surface area contributed by atoms with Gasteiger partial charge in [-0.3, -0.25) is 14.2 Å². The van der Waals surface area contributed by atoms with Crippen LogP contribution in [0.3, 0.4) is 0 Å². The molecule has 1 aromatic carbocycles. The SMILES string of the molecule is Cc1ncc(Br)c(=O)n1Cc1ccc(C(N)=O)cc1Cl. The third-order valence-electron chi connectivity index (χ3n) is 2.87. The van der Waals surface area contributed by atoms with Gasteiger partial charge in [0.1, 0.15) is 10.3 Å². The molecule has 0 saturated carbocycles. The Labute approximate surface area is 128 Å². The average molecular weight is 357 g/mol. The molecule has 0 fully saturated rings. The van der Waals surface area contributed by atoms with Gasteiger partial charge in [0.05, 0.1) is 6.54 Å². The summed E-state index contributed by atoms with van der Waals surface area (Å²) in [7, 11) is 0. The molecule has 0 saturated heterocycles. The van der Waals surface area contributed by atoms with Gasteiger partial charge in [-0.05, 0) is 40.5 Å². The Morgan fingerprint density at radius 1 is 1.50 bits per heavy atom. The molecule has 104 valence electrons. The standard InChI is InChI=1S/C13H11BrClN3O2/c1-7-17-5-10(14)13(20)18(7)6-9-3-2-8(12(16)19)4-11(9)15/h2-5H,6H2,1H3,(H2,16,19). The molecule has 2 aromatic rings. The van der Waals surface area contributed by atoms with E-state index in [1.807, 2.05) is 0 Å². The van der Waals surface area contributed by atoms with Crippen molar-refractivity contribution in [3.05, 3.63) is 61.2 Å². The second-order valence-corrected chi connectivity index (χ2v) is 5.48. The van der Waals surface area contributed by atoms with E-state index in [1.165, 1.54) is 16.8 Å². The lowest BCUT2D eigenvalue weighted by Crippen LogP contribution is -2.24. The fourth-order valence-corrected chi connectivity index (χ4v) is 2.29. The predicted molar refractivity (Wildman–Crippen MR) is 80.0 cm³/mol. The van der Waals surface area contributed by atoms with Gasteiger partial charge in [0.15, 0.2) is 0 Å². The summed E-state index contributed by atoms with van der Waals surface area (Å²) in [4.78, 5) is 27.2. The quantitative estimate of drug-likeness (QED) is 0.915. The van der Waals surface area contributed by atoms with E-state index in [4.69, 9.17) is 17.3 Å². The van der Waals surface area contributed by atoms with Crippen LogP contribution in [0.4, 0.5) is 0 Å². The van der Waals surface area contributed by atoms with E-state index < -0.39 is 5.91 Å². The maximum Gasteiger partial charge on any atom is 0.268 e. The molecular weight excluding hydrogens is 346 g/mol. The molecule has 0 bridgehead atoms. The zero-order valence-corrected chi connectivity index (χ0v) is 12.9. The van der Waals surface area contributed by atoms with Crippen LogP contribution in [0, 0.1) is 6.92 Å². The van der Waals surface area contributed by atoms with Gasteiger partial charge in [-0.2, -0.15) is 0 Å². The molecule has 0 unspecified atom stereocenters. The Bertz CT molecular complexity index is 743. The second kappa shape index (κ2) is 5.76. The Balaban J connectivity index is 2.43. The number of primary amides is 1. The number of carbonyl (C=O) groups excluding carboxylic acids is 1. The summed E-state index contributed by atoms with van der Waals surface area (Å²) in [6.45, 7) is 2.01. The van der Waals surface area contributed by atoms with Crippen molar-refractivity contribution >= 4 is 33.4 Å². The number of amides is 1. The molecule has 1 aromatic heterocycles. The van der Waals surface area contributed by atoms with Crippen molar-refractivity contribution in [2.45, 2.75) is 13.5 Å². The van der Waals surface area contributed by atoms with Gasteiger partial charge in [0, 0.05) is 16.8 Å². The number of aromatic nitrogens is 2. The highest BCUT2D eigenvalue weighted by Crippen LogP contribution is 2.19. The highest BCUT2D eigenvalue weighted by Gasteiger charge is 2.10. The van der Waals surface area contributed by atoms with E-state index in [1.54, 1.807) is 19.1 Å². The number of aryl methyl sites for hydroxylation is 1. The minimum absolute atomic E-state index is 0.187. The van der Waals surface area contributed by atoms with Gasteiger partial charge in [0.2, 0.25) is 5.91 Å². The average Bonchev–Trinajstić information content (AvgIpc) is 2.40. The number of hydrogen-bond donors (Lipinski definition) is 1. The van der Waals surface area contributed by atoms with Crippen molar-refractivity contribution in [1.29, 1.82) is 0 Å². The van der Waals surface area contributed by atoms with Crippen LogP contribution in [0.25, 0.3) is 0 Å². The largest absolute Gasteiger partial charge is 0.366 e. The van der Waals surface area contributed by atoms with Crippen LogP contribution in [0.15, 0.2) is 33.7 Å². The van der Waals surface area contributed by atoms with Crippen molar-refractivity contribution in [1.82, 2.24) is 9.55 Å². The molecule has 0 aliphatic heterocycles. The van der Waals surface area contributed by atoms with Crippen LogP contribution >= 0.6 is 27.5 Å². The monoisotopic (exact) mass is 355 g/mol. The molecule has 1 amide bonds. The van der Waals surface area contributed by atoms with Gasteiger partial charge in [-0.15, -0.1) is 0 Å². The van der Waals surface area contributed by atoms with Crippen LogP contribution in [-0.2, 0) is 6.54 Å². The summed E-state index contributed by atoms with van der Waals surface area (Å²) in [5, 5.41) is 0.382. The fraction of sp³-hybridized carbons (Fsp3) is 0.154. The lowest BCUT2D eigenvalue weighted by atomic mass is 10.1. The minimum Gasteiger partial charge on any atom is -0.366 e. The molecule has 0 atom stereocenters. The number of nitrogens with two attached hydrogens (primary N) is 1. The molecule has 0 spiro atoms. The third-order valence-corrected chi connectivity index (χ3v) is 3.77. The minimum atomic E-state index is -0.545. The number of halogens is 2. The molecule has 20 heavy (non-hydrogen) atoms. The first-order valence-electron chi connectivity index (χ1n) is 5.70. The van der Waals surface area contributed by atoms with Crippen molar-refractivity contribution < 1.29 is 4.79 Å². The summed E-state index contributed by atoms with van der Waals surface area (Å²) in [6.07, 6.45) is 1.46.